The van der Waals surface area contributed by atoms with Gasteiger partial charge in [0.25, 0.3) is 11.5 Å². The molecule has 3 heterocycles. The first-order chi connectivity index (χ1) is 15.5. The van der Waals surface area contributed by atoms with Gasteiger partial charge in [-0.1, -0.05) is 18.2 Å². The Kier molecular flexibility index (Phi) is 6.49. The zero-order valence-electron chi connectivity index (χ0n) is 18.2. The van der Waals surface area contributed by atoms with Crippen LogP contribution >= 0.6 is 0 Å². The van der Waals surface area contributed by atoms with Crippen LogP contribution in [0.15, 0.2) is 59.5 Å². The molecular formula is C24H26N4O4. The number of H-pyrrole nitrogens is 1. The third-order valence-corrected chi connectivity index (χ3v) is 5.60. The van der Waals surface area contributed by atoms with Crippen molar-refractivity contribution in [2.24, 2.45) is 0 Å². The van der Waals surface area contributed by atoms with E-state index in [4.69, 9.17) is 9.47 Å². The van der Waals surface area contributed by atoms with Gasteiger partial charge in [-0.05, 0) is 44.0 Å². The van der Waals surface area contributed by atoms with Crippen LogP contribution in [-0.4, -0.2) is 52.1 Å². The number of benzene rings is 1. The van der Waals surface area contributed by atoms with E-state index in [0.717, 1.165) is 0 Å². The molecule has 8 nitrogen and oxygen atoms in total. The summed E-state index contributed by atoms with van der Waals surface area (Å²) < 4.78 is 11.2. The van der Waals surface area contributed by atoms with Crippen LogP contribution in [0, 0.1) is 0 Å². The molecule has 1 aliphatic heterocycles. The molecule has 1 aliphatic rings. The molecular weight excluding hydrogens is 408 g/mol. The van der Waals surface area contributed by atoms with Crippen LogP contribution in [0.2, 0.25) is 0 Å². The molecule has 0 aliphatic carbocycles. The van der Waals surface area contributed by atoms with E-state index in [1.54, 1.807) is 37.3 Å². The van der Waals surface area contributed by atoms with E-state index in [1.165, 1.54) is 6.07 Å². The standard InChI is InChI=1S/C24H26N4O4/c1-16(32-21-9-4-3-8-20(21)31-2)24(30)28-13-10-17(11-14-28)23-26-19(15-22(29)27-23)18-7-5-6-12-25-18/h3-9,12,15-17H,10-11,13-14H2,1-2H3,(H,26,27,29)/t16-/m1/s1. The van der Waals surface area contributed by atoms with Gasteiger partial charge in [-0.15, -0.1) is 0 Å². The quantitative estimate of drug-likeness (QED) is 0.641. The van der Waals surface area contributed by atoms with Gasteiger partial charge in [0.15, 0.2) is 17.6 Å². The minimum Gasteiger partial charge on any atom is -0.493 e. The molecule has 0 saturated carbocycles. The van der Waals surface area contributed by atoms with E-state index in [9.17, 15) is 9.59 Å². The van der Waals surface area contributed by atoms with E-state index >= 15 is 0 Å². The highest BCUT2D eigenvalue weighted by Crippen LogP contribution is 2.29. The predicted octanol–water partition coefficient (Wildman–Crippen LogP) is 3.01. The van der Waals surface area contributed by atoms with Gasteiger partial charge in [0.05, 0.1) is 18.5 Å². The number of para-hydroxylation sites is 2. The number of hydrogen-bond acceptors (Lipinski definition) is 6. The number of rotatable bonds is 6. The van der Waals surface area contributed by atoms with Gasteiger partial charge in [-0.2, -0.15) is 0 Å². The average molecular weight is 434 g/mol. The lowest BCUT2D eigenvalue weighted by Crippen LogP contribution is -2.44. The number of aromatic nitrogens is 3. The van der Waals surface area contributed by atoms with Crippen LogP contribution in [0.3, 0.4) is 0 Å². The summed E-state index contributed by atoms with van der Waals surface area (Å²) in [4.78, 5) is 38.7. The molecule has 0 spiro atoms. The fourth-order valence-electron chi connectivity index (χ4n) is 3.90. The Bertz CT molecular complexity index is 1120. The van der Waals surface area contributed by atoms with Crippen molar-refractivity contribution in [3.63, 3.8) is 0 Å². The van der Waals surface area contributed by atoms with E-state index in [1.807, 2.05) is 30.3 Å². The summed E-state index contributed by atoms with van der Waals surface area (Å²) in [7, 11) is 1.57. The average Bonchev–Trinajstić information content (AvgIpc) is 2.84. The maximum atomic E-state index is 12.9. The smallest absolute Gasteiger partial charge is 0.263 e. The summed E-state index contributed by atoms with van der Waals surface area (Å²) in [6.45, 7) is 2.89. The zero-order valence-corrected chi connectivity index (χ0v) is 18.2. The normalized spacial score (nSPS) is 15.2. The molecule has 166 valence electrons. The summed E-state index contributed by atoms with van der Waals surface area (Å²) in [6.07, 6.45) is 2.47. The minimum absolute atomic E-state index is 0.0702. The Morgan fingerprint density at radius 2 is 1.81 bits per heavy atom. The third kappa shape index (κ3) is 4.80. The Labute approximate surface area is 186 Å². The summed E-state index contributed by atoms with van der Waals surface area (Å²) in [5.41, 5.74) is 1.02. The molecule has 8 heteroatoms. The minimum atomic E-state index is -0.631. The number of aromatic amines is 1. The molecule has 1 aromatic carbocycles. The molecule has 4 rings (SSSR count). The summed E-state index contributed by atoms with van der Waals surface area (Å²) in [5.74, 6) is 1.77. The molecule has 1 N–H and O–H groups in total. The highest BCUT2D eigenvalue weighted by molar-refractivity contribution is 5.81. The zero-order chi connectivity index (χ0) is 22.5. The van der Waals surface area contributed by atoms with E-state index in [2.05, 4.69) is 15.0 Å². The fourth-order valence-corrected chi connectivity index (χ4v) is 3.90. The van der Waals surface area contributed by atoms with Gasteiger partial charge in [0.2, 0.25) is 0 Å². The van der Waals surface area contributed by atoms with Gasteiger partial charge in [-0.3, -0.25) is 14.6 Å². The van der Waals surface area contributed by atoms with Crippen LogP contribution in [0.5, 0.6) is 11.5 Å². The van der Waals surface area contributed by atoms with Crippen molar-refractivity contribution in [2.45, 2.75) is 31.8 Å². The molecule has 1 amide bonds. The van der Waals surface area contributed by atoms with Crippen LogP contribution in [-0.2, 0) is 4.79 Å². The van der Waals surface area contributed by atoms with Crippen molar-refractivity contribution in [2.75, 3.05) is 20.2 Å². The van der Waals surface area contributed by atoms with Gasteiger partial charge < -0.3 is 19.4 Å². The lowest BCUT2D eigenvalue weighted by molar-refractivity contribution is -0.139. The largest absolute Gasteiger partial charge is 0.493 e. The number of hydrogen-bond donors (Lipinski definition) is 1. The summed E-state index contributed by atoms with van der Waals surface area (Å²) >= 11 is 0. The highest BCUT2D eigenvalue weighted by atomic mass is 16.5. The number of ether oxygens (including phenoxy) is 2. The first kappa shape index (κ1) is 21.5. The van der Waals surface area contributed by atoms with Gasteiger partial charge in [-0.25, -0.2) is 4.98 Å². The molecule has 1 atom stereocenters. The van der Waals surface area contributed by atoms with E-state index in [0.29, 0.717) is 54.6 Å². The number of methoxy groups -OCH3 is 1. The topological polar surface area (TPSA) is 97.4 Å². The van der Waals surface area contributed by atoms with Crippen LogP contribution in [0.1, 0.15) is 31.5 Å². The molecule has 0 radical (unpaired) electrons. The molecule has 0 bridgehead atoms. The van der Waals surface area contributed by atoms with Crippen LogP contribution < -0.4 is 15.0 Å². The van der Waals surface area contributed by atoms with Gasteiger partial charge in [0, 0.05) is 31.3 Å². The van der Waals surface area contributed by atoms with E-state index in [-0.39, 0.29) is 17.4 Å². The molecule has 0 unspecified atom stereocenters. The lowest BCUT2D eigenvalue weighted by atomic mass is 9.95. The van der Waals surface area contributed by atoms with Crippen LogP contribution in [0.25, 0.3) is 11.4 Å². The predicted molar refractivity (Wildman–Crippen MR) is 120 cm³/mol. The van der Waals surface area contributed by atoms with Crippen LogP contribution in [0.4, 0.5) is 0 Å². The first-order valence-corrected chi connectivity index (χ1v) is 10.7. The first-order valence-electron chi connectivity index (χ1n) is 10.7. The molecule has 3 aromatic rings. The maximum Gasteiger partial charge on any atom is 0.263 e. The number of carbonyl (C=O) groups excluding carboxylic acids is 1. The van der Waals surface area contributed by atoms with Crippen molar-refractivity contribution >= 4 is 5.91 Å². The Balaban J connectivity index is 1.40. The number of nitrogens with one attached hydrogen (secondary N) is 1. The van der Waals surface area contributed by atoms with Crippen molar-refractivity contribution in [3.05, 3.63) is 70.9 Å². The second-order valence-electron chi connectivity index (χ2n) is 7.74. The summed E-state index contributed by atoms with van der Waals surface area (Å²) in [5, 5.41) is 0. The number of amides is 1. The number of carbonyl (C=O) groups is 1. The van der Waals surface area contributed by atoms with Gasteiger partial charge >= 0.3 is 0 Å². The van der Waals surface area contributed by atoms with Gasteiger partial charge in [0.1, 0.15) is 5.82 Å². The number of pyridine rings is 1. The highest BCUT2D eigenvalue weighted by Gasteiger charge is 2.29. The molecule has 32 heavy (non-hydrogen) atoms. The number of nitrogens with zero attached hydrogens (tertiary/aromatic N) is 3. The Morgan fingerprint density at radius 1 is 1.09 bits per heavy atom. The van der Waals surface area contributed by atoms with Crippen molar-refractivity contribution in [3.8, 4) is 22.9 Å². The second-order valence-corrected chi connectivity index (χ2v) is 7.74. The molecule has 2 aromatic heterocycles. The van der Waals surface area contributed by atoms with E-state index < -0.39 is 6.10 Å². The summed E-state index contributed by atoms with van der Waals surface area (Å²) in [6, 6.07) is 14.2. The molecule has 1 fully saturated rings. The maximum absolute atomic E-state index is 12.9. The number of piperidine rings is 1. The third-order valence-electron chi connectivity index (χ3n) is 5.60. The van der Waals surface area contributed by atoms with Crippen molar-refractivity contribution < 1.29 is 14.3 Å². The Morgan fingerprint density at radius 3 is 2.50 bits per heavy atom. The fraction of sp³-hybridized carbons (Fsp3) is 0.333. The second kappa shape index (κ2) is 9.64. The van der Waals surface area contributed by atoms with Crippen molar-refractivity contribution in [1.29, 1.82) is 0 Å². The Hall–Kier alpha value is -3.68. The number of likely N-dealkylation sites (tertiary alicyclic amines) is 1. The monoisotopic (exact) mass is 434 g/mol. The SMILES string of the molecule is COc1ccccc1O[C@H](C)C(=O)N1CCC(c2nc(-c3ccccn3)cc(=O)[nH]2)CC1. The van der Waals surface area contributed by atoms with Crippen molar-refractivity contribution in [1.82, 2.24) is 19.9 Å². The molecule has 1 saturated heterocycles. The lowest BCUT2D eigenvalue weighted by Gasteiger charge is -2.33.